The van der Waals surface area contributed by atoms with E-state index in [1.807, 2.05) is 0 Å². The zero-order chi connectivity index (χ0) is 14.7. The second-order valence-corrected chi connectivity index (χ2v) is 4.79. The van der Waals surface area contributed by atoms with Gasteiger partial charge in [0.05, 0.1) is 5.56 Å². The molecule has 0 saturated carbocycles. The van der Waals surface area contributed by atoms with Gasteiger partial charge in [-0.05, 0) is 31.4 Å². The van der Waals surface area contributed by atoms with Gasteiger partial charge in [0, 0.05) is 19.7 Å². The van der Waals surface area contributed by atoms with E-state index in [4.69, 9.17) is 0 Å². The SMILES string of the molecule is CNC(=O)C1CCCCN1C(=O)c1ccc(F)cc1O. The summed E-state index contributed by atoms with van der Waals surface area (Å²) in [4.78, 5) is 25.7. The van der Waals surface area contributed by atoms with Crippen LogP contribution in [0.2, 0.25) is 0 Å². The Balaban J connectivity index is 2.27. The van der Waals surface area contributed by atoms with Crippen LogP contribution in [0.5, 0.6) is 5.75 Å². The summed E-state index contributed by atoms with van der Waals surface area (Å²) < 4.78 is 13.0. The van der Waals surface area contributed by atoms with Gasteiger partial charge in [-0.25, -0.2) is 4.39 Å². The first-order valence-corrected chi connectivity index (χ1v) is 6.55. The van der Waals surface area contributed by atoms with Crippen molar-refractivity contribution < 1.29 is 19.1 Å². The number of phenolic OH excluding ortho intramolecular Hbond substituents is 1. The lowest BCUT2D eigenvalue weighted by Crippen LogP contribution is -2.51. The lowest BCUT2D eigenvalue weighted by atomic mass is 10.00. The minimum Gasteiger partial charge on any atom is -0.507 e. The van der Waals surface area contributed by atoms with Crippen molar-refractivity contribution in [2.75, 3.05) is 13.6 Å². The fraction of sp³-hybridized carbons (Fsp3) is 0.429. The summed E-state index contributed by atoms with van der Waals surface area (Å²) in [5.74, 6) is -1.69. The van der Waals surface area contributed by atoms with Crippen LogP contribution < -0.4 is 5.32 Å². The van der Waals surface area contributed by atoms with Crippen molar-refractivity contribution in [2.24, 2.45) is 0 Å². The van der Waals surface area contributed by atoms with Crippen LogP contribution in [0.25, 0.3) is 0 Å². The molecule has 20 heavy (non-hydrogen) atoms. The first-order chi connectivity index (χ1) is 9.54. The molecule has 1 saturated heterocycles. The molecule has 1 atom stereocenters. The third-order valence-electron chi connectivity index (χ3n) is 3.50. The Morgan fingerprint density at radius 3 is 2.80 bits per heavy atom. The number of likely N-dealkylation sites (N-methyl/N-ethyl adjacent to an activating group) is 1. The number of nitrogens with one attached hydrogen (secondary N) is 1. The Kier molecular flexibility index (Phi) is 4.22. The van der Waals surface area contributed by atoms with Gasteiger partial charge in [-0.2, -0.15) is 0 Å². The lowest BCUT2D eigenvalue weighted by molar-refractivity contribution is -0.126. The lowest BCUT2D eigenvalue weighted by Gasteiger charge is -2.34. The molecule has 1 heterocycles. The van der Waals surface area contributed by atoms with E-state index in [-0.39, 0.29) is 11.5 Å². The highest BCUT2D eigenvalue weighted by atomic mass is 19.1. The second-order valence-electron chi connectivity index (χ2n) is 4.79. The van der Waals surface area contributed by atoms with Gasteiger partial charge in [0.2, 0.25) is 5.91 Å². The van der Waals surface area contributed by atoms with Crippen LogP contribution in [0.3, 0.4) is 0 Å². The molecule has 0 spiro atoms. The molecule has 5 nitrogen and oxygen atoms in total. The Labute approximate surface area is 116 Å². The highest BCUT2D eigenvalue weighted by Crippen LogP contribution is 2.24. The van der Waals surface area contributed by atoms with Crippen molar-refractivity contribution in [1.82, 2.24) is 10.2 Å². The van der Waals surface area contributed by atoms with E-state index in [2.05, 4.69) is 5.32 Å². The molecule has 108 valence electrons. The first kappa shape index (κ1) is 14.3. The molecule has 0 aromatic heterocycles. The fourth-order valence-electron chi connectivity index (χ4n) is 2.45. The van der Waals surface area contributed by atoms with Gasteiger partial charge in [-0.1, -0.05) is 0 Å². The molecule has 2 amide bonds. The predicted molar refractivity (Wildman–Crippen MR) is 70.8 cm³/mol. The van der Waals surface area contributed by atoms with E-state index < -0.39 is 23.5 Å². The summed E-state index contributed by atoms with van der Waals surface area (Å²) in [6, 6.07) is 2.71. The summed E-state index contributed by atoms with van der Waals surface area (Å²) >= 11 is 0. The van der Waals surface area contributed by atoms with Crippen LogP contribution in [0.4, 0.5) is 4.39 Å². The standard InChI is InChI=1S/C14H17FN2O3/c1-16-13(19)11-4-2-3-7-17(11)14(20)10-6-5-9(15)8-12(10)18/h5-6,8,11,18H,2-4,7H2,1H3,(H,16,19). The average molecular weight is 280 g/mol. The highest BCUT2D eigenvalue weighted by Gasteiger charge is 2.32. The van der Waals surface area contributed by atoms with Crippen molar-refractivity contribution >= 4 is 11.8 Å². The second kappa shape index (κ2) is 5.90. The first-order valence-electron chi connectivity index (χ1n) is 6.55. The van der Waals surface area contributed by atoms with Gasteiger partial charge < -0.3 is 15.3 Å². The molecule has 2 N–H and O–H groups in total. The number of benzene rings is 1. The number of piperidine rings is 1. The molecular weight excluding hydrogens is 263 g/mol. The monoisotopic (exact) mass is 280 g/mol. The molecular formula is C14H17FN2O3. The zero-order valence-electron chi connectivity index (χ0n) is 11.2. The summed E-state index contributed by atoms with van der Waals surface area (Å²) in [6.07, 6.45) is 2.27. The molecule has 1 aliphatic heterocycles. The number of hydrogen-bond acceptors (Lipinski definition) is 3. The largest absolute Gasteiger partial charge is 0.507 e. The smallest absolute Gasteiger partial charge is 0.258 e. The van der Waals surface area contributed by atoms with E-state index in [9.17, 15) is 19.1 Å². The van der Waals surface area contributed by atoms with Gasteiger partial charge in [-0.15, -0.1) is 0 Å². The van der Waals surface area contributed by atoms with Gasteiger partial charge in [0.15, 0.2) is 0 Å². The minimum absolute atomic E-state index is 0.0159. The van der Waals surface area contributed by atoms with Crippen molar-refractivity contribution in [3.63, 3.8) is 0 Å². The number of rotatable bonds is 2. The number of phenols is 1. The van der Waals surface area contributed by atoms with Crippen molar-refractivity contribution in [2.45, 2.75) is 25.3 Å². The number of carbonyl (C=O) groups is 2. The topological polar surface area (TPSA) is 69.6 Å². The third-order valence-corrected chi connectivity index (χ3v) is 3.50. The number of carbonyl (C=O) groups excluding carboxylic acids is 2. The number of amides is 2. The number of likely N-dealkylation sites (tertiary alicyclic amines) is 1. The van der Waals surface area contributed by atoms with E-state index >= 15 is 0 Å². The number of aromatic hydroxyl groups is 1. The van der Waals surface area contributed by atoms with Gasteiger partial charge >= 0.3 is 0 Å². The third kappa shape index (κ3) is 2.74. The normalized spacial score (nSPS) is 18.7. The Morgan fingerprint density at radius 1 is 1.40 bits per heavy atom. The number of nitrogens with zero attached hydrogens (tertiary/aromatic N) is 1. The quantitative estimate of drug-likeness (QED) is 0.857. The molecule has 1 aromatic carbocycles. The van der Waals surface area contributed by atoms with Crippen LogP contribution in [0.1, 0.15) is 29.6 Å². The molecule has 1 fully saturated rings. The molecule has 2 rings (SSSR count). The van der Waals surface area contributed by atoms with Gasteiger partial charge in [0.1, 0.15) is 17.6 Å². The summed E-state index contributed by atoms with van der Waals surface area (Å²) in [7, 11) is 1.52. The number of halogens is 1. The maximum Gasteiger partial charge on any atom is 0.258 e. The van der Waals surface area contributed by atoms with E-state index in [1.54, 1.807) is 0 Å². The summed E-state index contributed by atoms with van der Waals surface area (Å²) in [6.45, 7) is 0.452. The maximum absolute atomic E-state index is 13.0. The maximum atomic E-state index is 13.0. The summed E-state index contributed by atoms with van der Waals surface area (Å²) in [5.41, 5.74) is 0.0159. The van der Waals surface area contributed by atoms with E-state index in [0.717, 1.165) is 25.0 Å². The fourth-order valence-corrected chi connectivity index (χ4v) is 2.45. The van der Waals surface area contributed by atoms with Crippen LogP contribution in [0.15, 0.2) is 18.2 Å². The Bertz CT molecular complexity index is 533. The van der Waals surface area contributed by atoms with E-state index in [0.29, 0.717) is 13.0 Å². The molecule has 1 unspecified atom stereocenters. The molecule has 1 aliphatic rings. The summed E-state index contributed by atoms with van der Waals surface area (Å²) in [5, 5.41) is 12.2. The van der Waals surface area contributed by atoms with E-state index in [1.165, 1.54) is 18.0 Å². The van der Waals surface area contributed by atoms with Crippen LogP contribution in [0, 0.1) is 5.82 Å². The minimum atomic E-state index is -0.611. The van der Waals surface area contributed by atoms with Crippen molar-refractivity contribution in [1.29, 1.82) is 0 Å². The molecule has 0 bridgehead atoms. The van der Waals surface area contributed by atoms with Crippen LogP contribution >= 0.6 is 0 Å². The molecule has 0 radical (unpaired) electrons. The van der Waals surface area contributed by atoms with Crippen LogP contribution in [-0.4, -0.2) is 41.5 Å². The van der Waals surface area contributed by atoms with Gasteiger partial charge in [0.25, 0.3) is 5.91 Å². The average Bonchev–Trinajstić information content (AvgIpc) is 2.46. The Hall–Kier alpha value is -2.11. The van der Waals surface area contributed by atoms with Crippen molar-refractivity contribution in [3.8, 4) is 5.75 Å². The predicted octanol–water partition coefficient (Wildman–Crippen LogP) is 1.27. The van der Waals surface area contributed by atoms with Crippen molar-refractivity contribution in [3.05, 3.63) is 29.6 Å². The molecule has 6 heteroatoms. The van der Waals surface area contributed by atoms with Gasteiger partial charge in [-0.3, -0.25) is 9.59 Å². The van der Waals surface area contributed by atoms with Crippen LogP contribution in [-0.2, 0) is 4.79 Å². The highest BCUT2D eigenvalue weighted by molar-refractivity contribution is 5.99. The molecule has 0 aliphatic carbocycles. The molecule has 1 aromatic rings. The Morgan fingerprint density at radius 2 is 2.15 bits per heavy atom. The number of hydrogen-bond donors (Lipinski definition) is 2. The zero-order valence-corrected chi connectivity index (χ0v) is 11.2.